The molecule has 4 aromatic rings. The fourth-order valence-electron chi connectivity index (χ4n) is 3.91. The molecule has 0 saturated carbocycles. The molecule has 3 aromatic carbocycles. The molecule has 0 saturated heterocycles. The Balaban J connectivity index is 2.11. The second-order valence-electron chi connectivity index (χ2n) is 8.05. The molecule has 0 aliphatic heterocycles. The predicted molar refractivity (Wildman–Crippen MR) is 135 cm³/mol. The highest BCUT2D eigenvalue weighted by Gasteiger charge is 2.26. The van der Waals surface area contributed by atoms with Crippen molar-refractivity contribution in [2.75, 3.05) is 31.8 Å². The lowest BCUT2D eigenvalue weighted by atomic mass is 9.97. The predicted octanol–water partition coefficient (Wildman–Crippen LogP) is 4.84. The van der Waals surface area contributed by atoms with Crippen molar-refractivity contribution in [2.24, 2.45) is 0 Å². The van der Waals surface area contributed by atoms with Gasteiger partial charge in [0.1, 0.15) is 17.1 Å². The van der Waals surface area contributed by atoms with Crippen LogP contribution >= 0.6 is 0 Å². The number of carbonyl (C=O) groups excluding carboxylic acids is 1. The number of sulfonamides is 1. The average Bonchev–Trinajstić information content (AvgIpc) is 3.20. The summed E-state index contributed by atoms with van der Waals surface area (Å²) in [5, 5.41) is 3.27. The molecular formula is C26H26N2O5S. The average molecular weight is 479 g/mol. The van der Waals surface area contributed by atoms with E-state index in [1.165, 1.54) is 11.4 Å². The van der Waals surface area contributed by atoms with Gasteiger partial charge in [-0.2, -0.15) is 0 Å². The summed E-state index contributed by atoms with van der Waals surface area (Å²) < 4.78 is 37.9. The van der Waals surface area contributed by atoms with Crippen LogP contribution in [0.4, 0.5) is 5.69 Å². The quantitative estimate of drug-likeness (QED) is 0.428. The van der Waals surface area contributed by atoms with Gasteiger partial charge in [-0.15, -0.1) is 0 Å². The van der Waals surface area contributed by atoms with Gasteiger partial charge in [-0.05, 0) is 19.1 Å². The van der Waals surface area contributed by atoms with Crippen LogP contribution in [0.15, 0.2) is 65.1 Å². The first-order valence-corrected chi connectivity index (χ1v) is 12.5. The summed E-state index contributed by atoms with van der Waals surface area (Å²) in [7, 11) is 1.02. The van der Waals surface area contributed by atoms with Gasteiger partial charge in [0, 0.05) is 42.2 Å². The van der Waals surface area contributed by atoms with E-state index in [2.05, 4.69) is 5.32 Å². The first kappa shape index (κ1) is 23.4. The number of para-hydroxylation sites is 1. The number of nitrogens with zero attached hydrogens (tertiary/aromatic N) is 1. The zero-order valence-electron chi connectivity index (χ0n) is 19.7. The van der Waals surface area contributed by atoms with Crippen LogP contribution in [-0.4, -0.2) is 41.8 Å². The molecule has 0 aliphatic rings. The standard InChI is InChI=1S/C26H26N2O5S/c1-16-10-12-17(13-11-16)25-24(26(29)27-2)20-14-19(18-8-6-7-9-22(18)32-4)21(15-23(20)33-25)28(3)34(5,30)31/h6-15H,1-5H3,(H,27,29). The molecule has 0 aliphatic carbocycles. The van der Waals surface area contributed by atoms with Gasteiger partial charge in [0.2, 0.25) is 10.0 Å². The van der Waals surface area contributed by atoms with Gasteiger partial charge in [-0.25, -0.2) is 8.42 Å². The second kappa shape index (κ2) is 8.87. The highest BCUT2D eigenvalue weighted by atomic mass is 32.2. The molecule has 7 nitrogen and oxygen atoms in total. The molecule has 0 spiro atoms. The van der Waals surface area contributed by atoms with Crippen LogP contribution in [0.3, 0.4) is 0 Å². The number of anilines is 1. The van der Waals surface area contributed by atoms with Gasteiger partial charge in [0.05, 0.1) is 24.6 Å². The lowest BCUT2D eigenvalue weighted by Gasteiger charge is -2.21. The molecule has 0 radical (unpaired) electrons. The maximum Gasteiger partial charge on any atom is 0.255 e. The second-order valence-corrected chi connectivity index (χ2v) is 10.1. The Morgan fingerprint density at radius 3 is 2.32 bits per heavy atom. The zero-order valence-corrected chi connectivity index (χ0v) is 20.5. The molecule has 0 unspecified atom stereocenters. The van der Waals surface area contributed by atoms with Crippen LogP contribution in [0.5, 0.6) is 5.75 Å². The number of aryl methyl sites for hydroxylation is 1. The third-order valence-corrected chi connectivity index (χ3v) is 7.00. The van der Waals surface area contributed by atoms with E-state index in [0.717, 1.165) is 17.4 Å². The van der Waals surface area contributed by atoms with Gasteiger partial charge < -0.3 is 14.5 Å². The van der Waals surface area contributed by atoms with Crippen molar-refractivity contribution in [3.05, 3.63) is 71.8 Å². The van der Waals surface area contributed by atoms with E-state index < -0.39 is 10.0 Å². The van der Waals surface area contributed by atoms with E-state index >= 15 is 0 Å². The molecule has 8 heteroatoms. The van der Waals surface area contributed by atoms with Gasteiger partial charge in [0.25, 0.3) is 5.91 Å². The Hall–Kier alpha value is -3.78. The fourth-order valence-corrected chi connectivity index (χ4v) is 4.42. The number of methoxy groups -OCH3 is 1. The highest BCUT2D eigenvalue weighted by Crippen LogP contribution is 2.43. The van der Waals surface area contributed by atoms with Crippen LogP contribution in [0.2, 0.25) is 0 Å². The minimum atomic E-state index is -3.58. The first-order valence-electron chi connectivity index (χ1n) is 10.6. The Morgan fingerprint density at radius 1 is 1.03 bits per heavy atom. The fraction of sp³-hybridized carbons (Fsp3) is 0.192. The molecule has 1 heterocycles. The lowest BCUT2D eigenvalue weighted by molar-refractivity contribution is 0.0964. The Labute approximate surface area is 199 Å². The largest absolute Gasteiger partial charge is 0.496 e. The van der Waals surface area contributed by atoms with Crippen molar-refractivity contribution in [3.63, 3.8) is 0 Å². The zero-order chi connectivity index (χ0) is 24.6. The van der Waals surface area contributed by atoms with Crippen LogP contribution in [-0.2, 0) is 10.0 Å². The van der Waals surface area contributed by atoms with Crippen LogP contribution in [0.1, 0.15) is 15.9 Å². The number of furan rings is 1. The van der Waals surface area contributed by atoms with E-state index in [1.807, 2.05) is 49.4 Å². The van der Waals surface area contributed by atoms with Gasteiger partial charge in [-0.3, -0.25) is 9.10 Å². The summed E-state index contributed by atoms with van der Waals surface area (Å²) in [6, 6.07) is 18.4. The van der Waals surface area contributed by atoms with E-state index in [-0.39, 0.29) is 5.91 Å². The maximum absolute atomic E-state index is 13.0. The van der Waals surface area contributed by atoms with Gasteiger partial charge in [0.15, 0.2) is 0 Å². The first-order chi connectivity index (χ1) is 16.2. The number of benzene rings is 3. The summed E-state index contributed by atoms with van der Waals surface area (Å²) in [4.78, 5) is 13.0. The number of carbonyl (C=O) groups is 1. The summed E-state index contributed by atoms with van der Waals surface area (Å²) in [6.45, 7) is 1.98. The van der Waals surface area contributed by atoms with Crippen molar-refractivity contribution in [1.82, 2.24) is 5.32 Å². The maximum atomic E-state index is 13.0. The molecule has 34 heavy (non-hydrogen) atoms. The minimum absolute atomic E-state index is 0.301. The third-order valence-electron chi connectivity index (χ3n) is 5.81. The van der Waals surface area contributed by atoms with Crippen molar-refractivity contribution in [1.29, 1.82) is 0 Å². The third kappa shape index (κ3) is 4.12. The number of amides is 1. The van der Waals surface area contributed by atoms with Crippen LogP contribution in [0, 0.1) is 6.92 Å². The number of ether oxygens (including phenoxy) is 1. The van der Waals surface area contributed by atoms with Crippen molar-refractivity contribution in [3.8, 4) is 28.2 Å². The highest BCUT2D eigenvalue weighted by molar-refractivity contribution is 7.92. The molecule has 1 amide bonds. The Bertz CT molecular complexity index is 1490. The van der Waals surface area contributed by atoms with Crippen molar-refractivity contribution < 1.29 is 22.4 Å². The monoisotopic (exact) mass is 478 g/mol. The van der Waals surface area contributed by atoms with Gasteiger partial charge in [-0.1, -0.05) is 48.0 Å². The molecule has 4 rings (SSSR count). The smallest absolute Gasteiger partial charge is 0.255 e. The Kier molecular flexibility index (Phi) is 6.10. The van der Waals surface area contributed by atoms with Crippen molar-refractivity contribution in [2.45, 2.75) is 6.92 Å². The summed E-state index contributed by atoms with van der Waals surface area (Å²) >= 11 is 0. The van der Waals surface area contributed by atoms with E-state index in [4.69, 9.17) is 9.15 Å². The van der Waals surface area contributed by atoms with E-state index in [1.54, 1.807) is 32.4 Å². The SMILES string of the molecule is CNC(=O)c1c(-c2ccc(C)cc2)oc2cc(N(C)S(C)(=O)=O)c(-c3ccccc3OC)cc12. The Morgan fingerprint density at radius 2 is 1.71 bits per heavy atom. The molecule has 1 aromatic heterocycles. The number of nitrogens with one attached hydrogen (secondary N) is 1. The topological polar surface area (TPSA) is 88.9 Å². The number of fused-ring (bicyclic) bond motifs is 1. The normalized spacial score (nSPS) is 11.4. The summed E-state index contributed by atoms with van der Waals surface area (Å²) in [5.74, 6) is 0.692. The van der Waals surface area contributed by atoms with E-state index in [0.29, 0.717) is 44.9 Å². The van der Waals surface area contributed by atoms with Crippen molar-refractivity contribution >= 4 is 32.6 Å². The van der Waals surface area contributed by atoms with E-state index in [9.17, 15) is 13.2 Å². The van der Waals surface area contributed by atoms with Gasteiger partial charge >= 0.3 is 0 Å². The number of hydrogen-bond acceptors (Lipinski definition) is 5. The number of hydrogen-bond donors (Lipinski definition) is 1. The molecule has 1 N–H and O–H groups in total. The lowest BCUT2D eigenvalue weighted by Crippen LogP contribution is -2.25. The molecule has 0 fully saturated rings. The van der Waals surface area contributed by atoms with Crippen LogP contribution < -0.4 is 14.4 Å². The molecule has 0 bridgehead atoms. The molecule has 176 valence electrons. The molecular weight excluding hydrogens is 452 g/mol. The summed E-state index contributed by atoms with van der Waals surface area (Å²) in [5.41, 5.74) is 4.31. The molecule has 0 atom stereocenters. The summed E-state index contributed by atoms with van der Waals surface area (Å²) in [6.07, 6.45) is 1.14. The van der Waals surface area contributed by atoms with Crippen LogP contribution in [0.25, 0.3) is 33.4 Å². The minimum Gasteiger partial charge on any atom is -0.496 e. The number of rotatable bonds is 6.